The van der Waals surface area contributed by atoms with Crippen molar-refractivity contribution in [1.29, 1.82) is 0 Å². The number of quaternary nitrogens is 1. The minimum Gasteiger partial charge on any atom is -0.495 e. The molecule has 1 heterocycles. The highest BCUT2D eigenvalue weighted by atomic mass is 32.1. The normalized spacial score (nSPS) is 11.1. The third kappa shape index (κ3) is 3.79. The Hall–Kier alpha value is -1.86. The van der Waals surface area contributed by atoms with E-state index in [1.807, 2.05) is 12.1 Å². The van der Waals surface area contributed by atoms with Gasteiger partial charge in [0.05, 0.1) is 40.4 Å². The van der Waals surface area contributed by atoms with Crippen LogP contribution in [0.1, 0.15) is 20.8 Å². The van der Waals surface area contributed by atoms with E-state index in [1.54, 1.807) is 26.0 Å². The number of nitrogens with one attached hydrogen (secondary N) is 1. The maximum absolute atomic E-state index is 12.1. The highest BCUT2D eigenvalue weighted by Gasteiger charge is 2.21. The highest BCUT2D eigenvalue weighted by molar-refractivity contribution is 7.22. The largest absolute Gasteiger partial charge is 0.495 e. The summed E-state index contributed by atoms with van der Waals surface area (Å²) >= 11 is 1.46. The number of ether oxygens (including phenoxy) is 2. The minimum atomic E-state index is -0.00135. The van der Waals surface area contributed by atoms with Crippen molar-refractivity contribution in [2.75, 3.05) is 45.3 Å². The molecule has 1 aromatic heterocycles. The van der Waals surface area contributed by atoms with Crippen LogP contribution in [0.15, 0.2) is 12.1 Å². The van der Waals surface area contributed by atoms with E-state index in [0.29, 0.717) is 17.4 Å². The zero-order valence-corrected chi connectivity index (χ0v) is 15.8. The van der Waals surface area contributed by atoms with Crippen molar-refractivity contribution in [3.8, 4) is 11.5 Å². The molecule has 0 spiro atoms. The fourth-order valence-corrected chi connectivity index (χ4v) is 3.80. The number of rotatable bonds is 8. The molecule has 1 aromatic carbocycles. The molecule has 0 fully saturated rings. The van der Waals surface area contributed by atoms with Crippen molar-refractivity contribution in [3.05, 3.63) is 12.1 Å². The summed E-state index contributed by atoms with van der Waals surface area (Å²) in [6, 6.07) is 3.70. The van der Waals surface area contributed by atoms with Gasteiger partial charge in [-0.05, 0) is 26.0 Å². The van der Waals surface area contributed by atoms with Crippen molar-refractivity contribution in [2.45, 2.75) is 20.8 Å². The number of likely N-dealkylation sites (N-methyl/N-ethyl adjacent to an activating group) is 1. The summed E-state index contributed by atoms with van der Waals surface area (Å²) in [4.78, 5) is 20.0. The van der Waals surface area contributed by atoms with E-state index in [4.69, 9.17) is 9.47 Å². The van der Waals surface area contributed by atoms with Gasteiger partial charge in [-0.2, -0.15) is 0 Å². The van der Waals surface area contributed by atoms with E-state index < -0.39 is 0 Å². The summed E-state index contributed by atoms with van der Waals surface area (Å²) in [6.45, 7) is 9.54. The number of fused-ring (bicyclic) bond motifs is 1. The first-order valence-electron chi connectivity index (χ1n) is 8.18. The Labute approximate surface area is 147 Å². The van der Waals surface area contributed by atoms with E-state index in [0.717, 1.165) is 35.6 Å². The highest BCUT2D eigenvalue weighted by Crippen LogP contribution is 2.39. The summed E-state index contributed by atoms with van der Waals surface area (Å²) in [5.41, 5.74) is 0.735. The number of hydrogen-bond acceptors (Lipinski definition) is 5. The monoisotopic (exact) mass is 352 g/mol. The van der Waals surface area contributed by atoms with Crippen LogP contribution in [-0.2, 0) is 4.79 Å². The number of methoxy groups -OCH3 is 2. The summed E-state index contributed by atoms with van der Waals surface area (Å²) in [5.74, 6) is 1.43. The topological polar surface area (TPSA) is 56.1 Å². The van der Waals surface area contributed by atoms with Crippen LogP contribution in [0.5, 0.6) is 11.5 Å². The van der Waals surface area contributed by atoms with Gasteiger partial charge in [-0.15, -0.1) is 0 Å². The molecule has 7 heteroatoms. The maximum Gasteiger partial charge on any atom is 0.225 e. The predicted octanol–water partition coefficient (Wildman–Crippen LogP) is 1.59. The second-order valence-electron chi connectivity index (χ2n) is 5.52. The van der Waals surface area contributed by atoms with Gasteiger partial charge in [0.25, 0.3) is 0 Å². The molecule has 0 aliphatic heterocycles. The zero-order valence-electron chi connectivity index (χ0n) is 15.0. The summed E-state index contributed by atoms with van der Waals surface area (Å²) in [6.07, 6.45) is 0. The Bertz CT molecular complexity index is 657. The molecule has 0 saturated carbocycles. The predicted molar refractivity (Wildman–Crippen MR) is 97.7 cm³/mol. The number of amides is 1. The van der Waals surface area contributed by atoms with Gasteiger partial charge >= 0.3 is 0 Å². The lowest BCUT2D eigenvalue weighted by atomic mass is 10.3. The van der Waals surface area contributed by atoms with Crippen molar-refractivity contribution in [1.82, 2.24) is 4.98 Å². The van der Waals surface area contributed by atoms with Gasteiger partial charge in [0.2, 0.25) is 5.91 Å². The lowest BCUT2D eigenvalue weighted by Gasteiger charge is -2.21. The zero-order chi connectivity index (χ0) is 17.7. The second-order valence-corrected chi connectivity index (χ2v) is 6.50. The average Bonchev–Trinajstić information content (AvgIpc) is 3.02. The van der Waals surface area contributed by atoms with Crippen LogP contribution in [0.25, 0.3) is 10.2 Å². The van der Waals surface area contributed by atoms with Crippen molar-refractivity contribution in [3.63, 3.8) is 0 Å². The summed E-state index contributed by atoms with van der Waals surface area (Å²) < 4.78 is 11.7. The van der Waals surface area contributed by atoms with Crippen molar-refractivity contribution < 1.29 is 19.2 Å². The van der Waals surface area contributed by atoms with Gasteiger partial charge in [0.1, 0.15) is 21.7 Å². The number of carbonyl (C=O) groups is 1. The van der Waals surface area contributed by atoms with Gasteiger partial charge < -0.3 is 14.4 Å². The number of thiazole rings is 1. The van der Waals surface area contributed by atoms with E-state index >= 15 is 0 Å². The lowest BCUT2D eigenvalue weighted by Crippen LogP contribution is -3.12. The fraction of sp³-hybridized carbons (Fsp3) is 0.529. The summed E-state index contributed by atoms with van der Waals surface area (Å²) in [7, 11) is 3.25. The van der Waals surface area contributed by atoms with Crippen LogP contribution >= 0.6 is 11.3 Å². The standard InChI is InChI=1S/C17H25N3O3S/c1-6-19(7-2)10-11-20(12(3)21)17-18-15-13(22-4)8-9-14(23-5)16(15)24-17/h8-9H,6-7,10-11H2,1-5H3/p+1. The molecule has 1 N–H and O–H groups in total. The van der Waals surface area contributed by atoms with Crippen molar-refractivity contribution >= 4 is 32.6 Å². The molecule has 0 bridgehead atoms. The Morgan fingerprint density at radius 3 is 2.38 bits per heavy atom. The first kappa shape index (κ1) is 18.5. The Balaban J connectivity index is 2.38. The van der Waals surface area contributed by atoms with Gasteiger partial charge in [0, 0.05) is 6.92 Å². The molecule has 0 atom stereocenters. The maximum atomic E-state index is 12.1. The Kier molecular flexibility index (Phi) is 6.39. The second kappa shape index (κ2) is 8.30. The molecule has 6 nitrogen and oxygen atoms in total. The molecule has 2 rings (SSSR count). The molecule has 0 saturated heterocycles. The smallest absolute Gasteiger partial charge is 0.225 e. The van der Waals surface area contributed by atoms with Gasteiger partial charge in [-0.25, -0.2) is 4.98 Å². The van der Waals surface area contributed by atoms with E-state index in [1.165, 1.54) is 16.2 Å². The Morgan fingerprint density at radius 2 is 1.83 bits per heavy atom. The SMILES string of the molecule is CC[NH+](CC)CCN(C(C)=O)c1nc2c(OC)ccc(OC)c2s1. The number of aromatic nitrogens is 1. The summed E-state index contributed by atoms with van der Waals surface area (Å²) in [5, 5.41) is 0.687. The van der Waals surface area contributed by atoms with Crippen LogP contribution in [0.2, 0.25) is 0 Å². The first-order valence-corrected chi connectivity index (χ1v) is 9.00. The number of benzene rings is 1. The third-order valence-electron chi connectivity index (χ3n) is 4.20. The molecule has 132 valence electrons. The molecule has 24 heavy (non-hydrogen) atoms. The number of nitrogens with zero attached hydrogens (tertiary/aromatic N) is 2. The molecule has 0 radical (unpaired) electrons. The van der Waals surface area contributed by atoms with E-state index in [-0.39, 0.29) is 5.91 Å². The van der Waals surface area contributed by atoms with Gasteiger partial charge in [-0.1, -0.05) is 11.3 Å². The lowest BCUT2D eigenvalue weighted by molar-refractivity contribution is -0.894. The van der Waals surface area contributed by atoms with Crippen molar-refractivity contribution in [2.24, 2.45) is 0 Å². The number of hydrogen-bond donors (Lipinski definition) is 1. The fourth-order valence-electron chi connectivity index (χ4n) is 2.65. The number of anilines is 1. The number of carbonyl (C=O) groups excluding carboxylic acids is 1. The van der Waals surface area contributed by atoms with E-state index in [9.17, 15) is 4.79 Å². The third-order valence-corrected chi connectivity index (χ3v) is 5.29. The van der Waals surface area contributed by atoms with Gasteiger partial charge in [-0.3, -0.25) is 9.69 Å². The molecule has 2 aromatic rings. The average molecular weight is 352 g/mol. The molecule has 1 amide bonds. The van der Waals surface area contributed by atoms with Crippen LogP contribution in [0.3, 0.4) is 0 Å². The van der Waals surface area contributed by atoms with Crippen LogP contribution in [0.4, 0.5) is 5.13 Å². The molecule has 0 aliphatic carbocycles. The minimum absolute atomic E-state index is 0.00135. The van der Waals surface area contributed by atoms with Crippen LogP contribution in [0, 0.1) is 0 Å². The molecular formula is C17H26N3O3S+. The van der Waals surface area contributed by atoms with Crippen LogP contribution in [-0.4, -0.2) is 51.3 Å². The molecule has 0 unspecified atom stereocenters. The van der Waals surface area contributed by atoms with E-state index in [2.05, 4.69) is 18.8 Å². The molecule has 0 aliphatic rings. The van der Waals surface area contributed by atoms with Gasteiger partial charge in [0.15, 0.2) is 5.13 Å². The molecular weight excluding hydrogens is 326 g/mol. The Morgan fingerprint density at radius 1 is 1.21 bits per heavy atom. The first-order chi connectivity index (χ1) is 11.5. The van der Waals surface area contributed by atoms with Crippen LogP contribution < -0.4 is 19.3 Å². The quantitative estimate of drug-likeness (QED) is 0.784.